The molecule has 0 aromatic carbocycles. The number of aliphatic hydroxyl groups excluding tert-OH is 1. The van der Waals surface area contributed by atoms with Gasteiger partial charge in [-0.1, -0.05) is 0 Å². The van der Waals surface area contributed by atoms with Gasteiger partial charge in [0.2, 0.25) is 0 Å². The molecule has 1 unspecified atom stereocenters. The van der Waals surface area contributed by atoms with E-state index < -0.39 is 29.2 Å². The number of H-pyrrole nitrogens is 2. The fourth-order valence-electron chi connectivity index (χ4n) is 1.12. The number of rotatable bonds is 5. The SMILES string of the molecule is O=C(NCCC(O)C(=O)O)c1c[nH]c(=O)[nH]c1=O. The van der Waals surface area contributed by atoms with E-state index in [1.807, 2.05) is 4.98 Å². The van der Waals surface area contributed by atoms with Crippen LogP contribution < -0.4 is 16.6 Å². The first-order valence-corrected chi connectivity index (χ1v) is 4.93. The molecule has 0 aliphatic carbocycles. The molecule has 9 heteroatoms. The lowest BCUT2D eigenvalue weighted by Crippen LogP contribution is -2.35. The predicted octanol–water partition coefficient (Wildman–Crippen LogP) is -2.37. The quantitative estimate of drug-likeness (QED) is 0.397. The summed E-state index contributed by atoms with van der Waals surface area (Å²) in [7, 11) is 0. The third-order valence-corrected chi connectivity index (χ3v) is 2.05. The van der Waals surface area contributed by atoms with Crippen LogP contribution in [0.1, 0.15) is 16.8 Å². The van der Waals surface area contributed by atoms with Crippen molar-refractivity contribution >= 4 is 11.9 Å². The number of carbonyl (C=O) groups is 2. The minimum atomic E-state index is -1.58. The van der Waals surface area contributed by atoms with Crippen molar-refractivity contribution in [3.05, 3.63) is 32.6 Å². The molecule has 0 aliphatic heterocycles. The minimum Gasteiger partial charge on any atom is -0.479 e. The highest BCUT2D eigenvalue weighted by atomic mass is 16.4. The smallest absolute Gasteiger partial charge is 0.332 e. The number of aromatic nitrogens is 2. The van der Waals surface area contributed by atoms with E-state index in [2.05, 4.69) is 10.3 Å². The number of carboxylic acid groups (broad SMARTS) is 1. The molecule has 18 heavy (non-hydrogen) atoms. The van der Waals surface area contributed by atoms with E-state index >= 15 is 0 Å². The van der Waals surface area contributed by atoms with E-state index in [1.165, 1.54) is 0 Å². The van der Waals surface area contributed by atoms with Gasteiger partial charge in [-0.05, 0) is 0 Å². The van der Waals surface area contributed by atoms with Crippen LogP contribution >= 0.6 is 0 Å². The maximum absolute atomic E-state index is 11.4. The molecule has 1 aromatic rings. The zero-order chi connectivity index (χ0) is 13.7. The van der Waals surface area contributed by atoms with Gasteiger partial charge in [-0.3, -0.25) is 14.6 Å². The molecular formula is C9H11N3O6. The number of aromatic amines is 2. The van der Waals surface area contributed by atoms with Crippen molar-refractivity contribution in [1.29, 1.82) is 0 Å². The van der Waals surface area contributed by atoms with Gasteiger partial charge in [0.1, 0.15) is 5.56 Å². The van der Waals surface area contributed by atoms with Crippen molar-refractivity contribution in [2.45, 2.75) is 12.5 Å². The van der Waals surface area contributed by atoms with Crippen LogP contribution in [0.4, 0.5) is 0 Å². The van der Waals surface area contributed by atoms with Crippen LogP contribution in [0.15, 0.2) is 15.8 Å². The van der Waals surface area contributed by atoms with Gasteiger partial charge in [-0.25, -0.2) is 9.59 Å². The number of amides is 1. The lowest BCUT2D eigenvalue weighted by Gasteiger charge is -2.06. The Labute approximate surface area is 99.5 Å². The molecule has 1 amide bonds. The molecular weight excluding hydrogens is 246 g/mol. The van der Waals surface area contributed by atoms with Crippen LogP contribution in [-0.2, 0) is 4.79 Å². The number of aliphatic carboxylic acids is 1. The van der Waals surface area contributed by atoms with Crippen LogP contribution in [0.5, 0.6) is 0 Å². The lowest BCUT2D eigenvalue weighted by atomic mass is 10.2. The predicted molar refractivity (Wildman–Crippen MR) is 58.3 cm³/mol. The number of hydrogen-bond acceptors (Lipinski definition) is 5. The first kappa shape index (κ1) is 13.6. The monoisotopic (exact) mass is 257 g/mol. The Morgan fingerprint density at radius 3 is 2.61 bits per heavy atom. The Bertz CT molecular complexity index is 560. The summed E-state index contributed by atoms with van der Waals surface area (Å²) in [5.74, 6) is -2.17. The lowest BCUT2D eigenvalue weighted by molar-refractivity contribution is -0.146. The van der Waals surface area contributed by atoms with Gasteiger partial charge in [-0.15, -0.1) is 0 Å². The summed E-state index contributed by atoms with van der Waals surface area (Å²) in [4.78, 5) is 47.6. The first-order valence-electron chi connectivity index (χ1n) is 4.93. The number of hydrogen-bond donors (Lipinski definition) is 5. The van der Waals surface area contributed by atoms with Crippen molar-refractivity contribution in [1.82, 2.24) is 15.3 Å². The summed E-state index contributed by atoms with van der Waals surface area (Å²) in [5, 5.41) is 19.6. The maximum atomic E-state index is 11.4. The molecule has 1 atom stereocenters. The third-order valence-electron chi connectivity index (χ3n) is 2.05. The average Bonchev–Trinajstić information content (AvgIpc) is 2.28. The topological polar surface area (TPSA) is 152 Å². The highest BCUT2D eigenvalue weighted by Crippen LogP contribution is 1.91. The van der Waals surface area contributed by atoms with E-state index in [9.17, 15) is 19.2 Å². The summed E-state index contributed by atoms with van der Waals surface area (Å²) < 4.78 is 0. The molecule has 0 aliphatic rings. The van der Waals surface area contributed by atoms with Crippen molar-refractivity contribution in [3.63, 3.8) is 0 Å². The fraction of sp³-hybridized carbons (Fsp3) is 0.333. The average molecular weight is 257 g/mol. The third kappa shape index (κ3) is 3.56. The maximum Gasteiger partial charge on any atom is 0.332 e. The molecule has 0 spiro atoms. The summed E-state index contributed by atoms with van der Waals surface area (Å²) in [6.45, 7) is -0.120. The van der Waals surface area contributed by atoms with Gasteiger partial charge < -0.3 is 20.5 Å². The summed E-state index contributed by atoms with van der Waals surface area (Å²) in [5.41, 5.74) is -1.90. The molecule has 98 valence electrons. The van der Waals surface area contributed by atoms with E-state index in [0.717, 1.165) is 6.20 Å². The van der Waals surface area contributed by atoms with Crippen molar-refractivity contribution in [3.8, 4) is 0 Å². The van der Waals surface area contributed by atoms with Gasteiger partial charge in [0, 0.05) is 19.2 Å². The van der Waals surface area contributed by atoms with Gasteiger partial charge in [0.15, 0.2) is 6.10 Å². The molecule has 5 N–H and O–H groups in total. The van der Waals surface area contributed by atoms with Gasteiger partial charge >= 0.3 is 11.7 Å². The van der Waals surface area contributed by atoms with E-state index in [0.29, 0.717) is 0 Å². The number of carbonyl (C=O) groups excluding carboxylic acids is 1. The molecule has 1 aromatic heterocycles. The highest BCUT2D eigenvalue weighted by Gasteiger charge is 2.14. The highest BCUT2D eigenvalue weighted by molar-refractivity contribution is 5.93. The molecule has 0 saturated heterocycles. The van der Waals surface area contributed by atoms with Crippen LogP contribution in [-0.4, -0.2) is 44.7 Å². The molecule has 9 nitrogen and oxygen atoms in total. The second kappa shape index (κ2) is 5.77. The number of carboxylic acids is 1. The minimum absolute atomic E-state index is 0.120. The normalized spacial score (nSPS) is 11.8. The second-order valence-electron chi connectivity index (χ2n) is 3.38. The number of nitrogens with one attached hydrogen (secondary N) is 3. The largest absolute Gasteiger partial charge is 0.479 e. The Morgan fingerprint density at radius 2 is 2.06 bits per heavy atom. The van der Waals surface area contributed by atoms with Gasteiger partial charge in [0.05, 0.1) is 0 Å². The van der Waals surface area contributed by atoms with Crippen LogP contribution in [0.2, 0.25) is 0 Å². The van der Waals surface area contributed by atoms with E-state index in [1.54, 1.807) is 0 Å². The fourth-order valence-corrected chi connectivity index (χ4v) is 1.12. The van der Waals surface area contributed by atoms with Crippen molar-refractivity contribution < 1.29 is 19.8 Å². The standard InChI is InChI=1S/C9H11N3O6/c13-5(8(16)17)1-2-10-6(14)4-3-11-9(18)12-7(4)15/h3,5,13H,1-2H2,(H,10,14)(H,16,17)(H2,11,12,15,18). The molecule has 1 rings (SSSR count). The van der Waals surface area contributed by atoms with Crippen LogP contribution in [0.25, 0.3) is 0 Å². The molecule has 0 bridgehead atoms. The zero-order valence-corrected chi connectivity index (χ0v) is 9.10. The Morgan fingerprint density at radius 1 is 1.39 bits per heavy atom. The Balaban J connectivity index is 2.59. The second-order valence-corrected chi connectivity index (χ2v) is 3.38. The van der Waals surface area contributed by atoms with Gasteiger partial charge in [0.25, 0.3) is 11.5 Å². The molecule has 0 radical (unpaired) electrons. The molecule has 0 fully saturated rings. The van der Waals surface area contributed by atoms with Crippen LogP contribution in [0, 0.1) is 0 Å². The Hall–Kier alpha value is -2.42. The number of aliphatic hydroxyl groups is 1. The van der Waals surface area contributed by atoms with E-state index in [4.69, 9.17) is 10.2 Å². The summed E-state index contributed by atoms with van der Waals surface area (Å²) in [6, 6.07) is 0. The molecule has 1 heterocycles. The van der Waals surface area contributed by atoms with Crippen molar-refractivity contribution in [2.75, 3.05) is 6.54 Å². The van der Waals surface area contributed by atoms with E-state index in [-0.39, 0.29) is 18.5 Å². The van der Waals surface area contributed by atoms with Crippen molar-refractivity contribution in [2.24, 2.45) is 0 Å². The molecule has 0 saturated carbocycles. The zero-order valence-electron chi connectivity index (χ0n) is 9.10. The van der Waals surface area contributed by atoms with Crippen LogP contribution in [0.3, 0.4) is 0 Å². The summed E-state index contributed by atoms with van der Waals surface area (Å²) >= 11 is 0. The van der Waals surface area contributed by atoms with Gasteiger partial charge in [-0.2, -0.15) is 0 Å². The Kier molecular flexibility index (Phi) is 4.38. The first-order chi connectivity index (χ1) is 8.41. The summed E-state index contributed by atoms with van der Waals surface area (Å²) in [6.07, 6.45) is -0.828.